The van der Waals surface area contributed by atoms with E-state index in [1.807, 2.05) is 13.8 Å². The summed E-state index contributed by atoms with van der Waals surface area (Å²) in [4.78, 5) is 4.20. The lowest BCUT2D eigenvalue weighted by Crippen LogP contribution is -2.14. The summed E-state index contributed by atoms with van der Waals surface area (Å²) in [5.41, 5.74) is 6.59. The van der Waals surface area contributed by atoms with E-state index in [0.717, 1.165) is 0 Å². The highest BCUT2D eigenvalue weighted by Crippen LogP contribution is 2.23. The van der Waals surface area contributed by atoms with Crippen LogP contribution in [-0.4, -0.2) is 10.1 Å². The summed E-state index contributed by atoms with van der Waals surface area (Å²) in [5.74, 6) is 0.661. The molecule has 1 unspecified atom stereocenters. The molecule has 0 radical (unpaired) electrons. The Hall–Kier alpha value is -1.27. The lowest BCUT2D eigenvalue weighted by atomic mass is 10.1. The topological polar surface area (TPSA) is 64.9 Å². The second-order valence-corrected chi connectivity index (χ2v) is 5.15. The highest BCUT2D eigenvalue weighted by molar-refractivity contribution is 9.10. The van der Waals surface area contributed by atoms with Crippen molar-refractivity contribution in [3.8, 4) is 0 Å². The Morgan fingerprint density at radius 2 is 2.11 bits per heavy atom. The number of nitrogens with zero attached hydrogens (tertiary/aromatic N) is 2. The Kier molecular flexibility index (Phi) is 3.77. The van der Waals surface area contributed by atoms with Crippen molar-refractivity contribution in [3.05, 3.63) is 45.8 Å². The Balaban J connectivity index is 2.29. The van der Waals surface area contributed by atoms with Crippen LogP contribution in [0.5, 0.6) is 0 Å². The predicted molar refractivity (Wildman–Crippen MR) is 68.5 cm³/mol. The average molecular weight is 314 g/mol. The molecule has 0 spiro atoms. The third-order valence-corrected chi connectivity index (χ3v) is 3.18. The molecule has 0 aliphatic carbocycles. The number of aromatic nitrogens is 2. The molecule has 2 N–H and O–H groups in total. The van der Waals surface area contributed by atoms with E-state index in [1.54, 1.807) is 12.1 Å². The fourth-order valence-electron chi connectivity index (χ4n) is 1.46. The van der Waals surface area contributed by atoms with Crippen molar-refractivity contribution in [2.45, 2.75) is 25.8 Å². The summed E-state index contributed by atoms with van der Waals surface area (Å²) < 4.78 is 18.9. The largest absolute Gasteiger partial charge is 0.339 e. The molecule has 0 fully saturated rings. The van der Waals surface area contributed by atoms with Crippen LogP contribution in [0, 0.1) is 5.82 Å². The first kappa shape index (κ1) is 13.2. The molecule has 4 nitrogen and oxygen atoms in total. The van der Waals surface area contributed by atoms with Gasteiger partial charge in [0, 0.05) is 5.92 Å². The van der Waals surface area contributed by atoms with Gasteiger partial charge in [0.15, 0.2) is 5.82 Å². The minimum absolute atomic E-state index is 0.139. The first-order valence-electron chi connectivity index (χ1n) is 5.53. The molecule has 0 aliphatic rings. The highest BCUT2D eigenvalue weighted by atomic mass is 79.9. The lowest BCUT2D eigenvalue weighted by Gasteiger charge is -2.07. The maximum Gasteiger partial charge on any atom is 0.229 e. The van der Waals surface area contributed by atoms with Crippen molar-refractivity contribution >= 4 is 15.9 Å². The molecular formula is C12H13BrFN3O. The summed E-state index contributed by atoms with van der Waals surface area (Å²) >= 11 is 3.09. The molecule has 6 heteroatoms. The van der Waals surface area contributed by atoms with Crippen LogP contribution in [0.15, 0.2) is 27.2 Å². The third kappa shape index (κ3) is 2.59. The van der Waals surface area contributed by atoms with Crippen LogP contribution in [0.25, 0.3) is 0 Å². The SMILES string of the molecule is CC(C)c1nc(C(N)c2ccc(Br)c(F)c2)no1. The lowest BCUT2D eigenvalue weighted by molar-refractivity contribution is 0.359. The van der Waals surface area contributed by atoms with Crippen LogP contribution >= 0.6 is 15.9 Å². The van der Waals surface area contributed by atoms with Crippen molar-refractivity contribution < 1.29 is 8.91 Å². The van der Waals surface area contributed by atoms with Crippen LogP contribution in [-0.2, 0) is 0 Å². The van der Waals surface area contributed by atoms with Gasteiger partial charge in [-0.2, -0.15) is 4.98 Å². The van der Waals surface area contributed by atoms with E-state index in [-0.39, 0.29) is 11.7 Å². The van der Waals surface area contributed by atoms with Crippen LogP contribution < -0.4 is 5.73 Å². The molecule has 0 bridgehead atoms. The van der Waals surface area contributed by atoms with Gasteiger partial charge in [-0.3, -0.25) is 0 Å². The van der Waals surface area contributed by atoms with Crippen LogP contribution in [0.4, 0.5) is 4.39 Å². The third-order valence-electron chi connectivity index (χ3n) is 2.53. The van der Waals surface area contributed by atoms with Gasteiger partial charge in [0.05, 0.1) is 10.5 Å². The number of rotatable bonds is 3. The van der Waals surface area contributed by atoms with Gasteiger partial charge in [-0.1, -0.05) is 25.1 Å². The van der Waals surface area contributed by atoms with Gasteiger partial charge in [-0.15, -0.1) is 0 Å². The van der Waals surface area contributed by atoms with Crippen molar-refractivity contribution in [1.29, 1.82) is 0 Å². The van der Waals surface area contributed by atoms with Gasteiger partial charge in [-0.25, -0.2) is 4.39 Å². The zero-order valence-electron chi connectivity index (χ0n) is 10.0. The second kappa shape index (κ2) is 5.16. The summed E-state index contributed by atoms with van der Waals surface area (Å²) in [5, 5.41) is 3.82. The monoisotopic (exact) mass is 313 g/mol. The van der Waals surface area contributed by atoms with E-state index < -0.39 is 6.04 Å². The number of hydrogen-bond acceptors (Lipinski definition) is 4. The Bertz CT molecular complexity index is 556. The maximum atomic E-state index is 13.4. The van der Waals surface area contributed by atoms with Crippen LogP contribution in [0.1, 0.15) is 43.1 Å². The average Bonchev–Trinajstić information content (AvgIpc) is 2.81. The summed E-state index contributed by atoms with van der Waals surface area (Å²) in [6.07, 6.45) is 0. The first-order valence-corrected chi connectivity index (χ1v) is 6.32. The zero-order chi connectivity index (χ0) is 13.3. The molecule has 0 saturated heterocycles. The van der Waals surface area contributed by atoms with E-state index in [4.69, 9.17) is 10.3 Å². The number of halogens is 2. The second-order valence-electron chi connectivity index (χ2n) is 4.30. The number of benzene rings is 1. The molecule has 1 aromatic heterocycles. The molecular weight excluding hydrogens is 301 g/mol. The van der Waals surface area contributed by atoms with Crippen LogP contribution in [0.3, 0.4) is 0 Å². The Morgan fingerprint density at radius 3 is 2.67 bits per heavy atom. The summed E-state index contributed by atoms with van der Waals surface area (Å²) in [6, 6.07) is 4.10. The number of nitrogens with two attached hydrogens (primary N) is 1. The molecule has 0 amide bonds. The van der Waals surface area contributed by atoms with Crippen molar-refractivity contribution in [3.63, 3.8) is 0 Å². The molecule has 18 heavy (non-hydrogen) atoms. The maximum absolute atomic E-state index is 13.4. The summed E-state index contributed by atoms with van der Waals surface area (Å²) in [6.45, 7) is 3.89. The zero-order valence-corrected chi connectivity index (χ0v) is 11.6. The number of hydrogen-bond donors (Lipinski definition) is 1. The fourth-order valence-corrected chi connectivity index (χ4v) is 1.71. The molecule has 1 atom stereocenters. The van der Waals surface area contributed by atoms with Gasteiger partial charge < -0.3 is 10.3 Å². The van der Waals surface area contributed by atoms with E-state index in [0.29, 0.717) is 21.8 Å². The quantitative estimate of drug-likeness (QED) is 0.945. The highest BCUT2D eigenvalue weighted by Gasteiger charge is 2.18. The molecule has 1 aromatic carbocycles. The van der Waals surface area contributed by atoms with Crippen molar-refractivity contribution in [2.75, 3.05) is 0 Å². The Labute approximate surface area is 113 Å². The predicted octanol–water partition coefficient (Wildman–Crippen LogP) is 3.14. The molecule has 1 heterocycles. The fraction of sp³-hybridized carbons (Fsp3) is 0.333. The molecule has 96 valence electrons. The normalized spacial score (nSPS) is 13.0. The van der Waals surface area contributed by atoms with Gasteiger partial charge in [-0.05, 0) is 33.6 Å². The van der Waals surface area contributed by atoms with Crippen molar-refractivity contribution in [2.24, 2.45) is 5.73 Å². The Morgan fingerprint density at radius 1 is 1.39 bits per heavy atom. The van der Waals surface area contributed by atoms with Crippen LogP contribution in [0.2, 0.25) is 0 Å². The van der Waals surface area contributed by atoms with E-state index in [9.17, 15) is 4.39 Å². The summed E-state index contributed by atoms with van der Waals surface area (Å²) in [7, 11) is 0. The molecule has 0 aliphatic heterocycles. The molecule has 0 saturated carbocycles. The van der Waals surface area contributed by atoms with E-state index >= 15 is 0 Å². The minimum atomic E-state index is -0.594. The minimum Gasteiger partial charge on any atom is -0.339 e. The molecule has 2 rings (SSSR count). The van der Waals surface area contributed by atoms with E-state index in [2.05, 4.69) is 26.1 Å². The molecule has 2 aromatic rings. The van der Waals surface area contributed by atoms with Gasteiger partial charge in [0.2, 0.25) is 5.89 Å². The van der Waals surface area contributed by atoms with Gasteiger partial charge in [0.1, 0.15) is 5.82 Å². The first-order chi connectivity index (χ1) is 8.49. The standard InChI is InChI=1S/C12H13BrFN3O/c1-6(2)12-16-11(17-18-12)10(15)7-3-4-8(13)9(14)5-7/h3-6,10H,15H2,1-2H3. The van der Waals surface area contributed by atoms with Gasteiger partial charge in [0.25, 0.3) is 0 Å². The van der Waals surface area contributed by atoms with Crippen molar-refractivity contribution in [1.82, 2.24) is 10.1 Å². The van der Waals surface area contributed by atoms with Gasteiger partial charge >= 0.3 is 0 Å². The smallest absolute Gasteiger partial charge is 0.229 e. The van der Waals surface area contributed by atoms with E-state index in [1.165, 1.54) is 6.07 Å².